The molecule has 0 amide bonds. The number of ether oxygens (including phenoxy) is 3. The maximum atomic E-state index is 12.9. The van der Waals surface area contributed by atoms with Crippen LogP contribution in [0.2, 0.25) is 0 Å². The zero-order chi connectivity index (χ0) is 58.5. The van der Waals surface area contributed by atoms with Crippen LogP contribution < -0.4 is 0 Å². The van der Waals surface area contributed by atoms with Gasteiger partial charge in [-0.25, -0.2) is 0 Å². The highest BCUT2D eigenvalue weighted by molar-refractivity contribution is 5.71. The molecule has 0 aliphatic rings. The van der Waals surface area contributed by atoms with Gasteiger partial charge in [0, 0.05) is 19.3 Å². The number of hydrogen-bond donors (Lipinski definition) is 0. The summed E-state index contributed by atoms with van der Waals surface area (Å²) in [5.41, 5.74) is 0. The second-order valence-corrected chi connectivity index (χ2v) is 23.1. The first kappa shape index (κ1) is 77.3. The normalized spacial score (nSPS) is 12.7. The van der Waals surface area contributed by atoms with Crippen molar-refractivity contribution in [3.8, 4) is 0 Å². The first-order chi connectivity index (χ1) is 40.0. The van der Waals surface area contributed by atoms with E-state index in [0.29, 0.717) is 19.3 Å². The van der Waals surface area contributed by atoms with Gasteiger partial charge in [-0.1, -0.05) is 304 Å². The van der Waals surface area contributed by atoms with Gasteiger partial charge in [-0.05, 0) is 116 Å². The number of rotatable bonds is 63. The van der Waals surface area contributed by atoms with Gasteiger partial charge in [0.05, 0.1) is 0 Å². The first-order valence-electron chi connectivity index (χ1n) is 34.7. The first-order valence-corrected chi connectivity index (χ1v) is 34.7. The molecule has 81 heavy (non-hydrogen) atoms. The van der Waals surface area contributed by atoms with Crippen LogP contribution in [0.3, 0.4) is 0 Å². The van der Waals surface area contributed by atoms with Crippen molar-refractivity contribution < 1.29 is 28.6 Å². The monoisotopic (exact) mass is 1130 g/mol. The van der Waals surface area contributed by atoms with Gasteiger partial charge in [-0.15, -0.1) is 0 Å². The summed E-state index contributed by atoms with van der Waals surface area (Å²) in [4.78, 5) is 38.4. The molecule has 0 radical (unpaired) electrons. The number of allylic oxidation sites excluding steroid dienone is 16. The SMILES string of the molecule is CC/C=C\C/C=C\C/C=C\C/C=C\C/C=C\CCCC(=O)OC(COC(=O)CCCCCCCCC/C=C\C/C=C\CCCCC)COC(=O)CCCCCCCCCCCCCCCCCCC/C=C\CCCCCCCCCC. The van der Waals surface area contributed by atoms with E-state index < -0.39 is 6.10 Å². The lowest BCUT2D eigenvalue weighted by Crippen LogP contribution is -2.30. The molecular formula is C75H130O6. The van der Waals surface area contributed by atoms with E-state index in [1.165, 1.54) is 205 Å². The molecule has 0 N–H and O–H groups in total. The number of esters is 3. The standard InChI is InChI=1S/C75H130O6/c1-4-7-10-13-16-19-22-25-28-31-32-33-34-35-36-37-38-39-40-41-42-45-47-50-53-56-59-62-65-68-74(77)80-71-72(81-75(78)69-66-63-60-57-54-51-48-44-30-27-24-21-18-15-12-9-6-3)70-79-73(76)67-64-61-58-55-52-49-46-43-29-26-23-20-17-14-11-8-5-2/h9,12,17-18,20-21,26-27,29-32,48,51,57,60,72H,4-8,10-11,13-16,19,22-25,28,33-47,49-50,52-56,58-59,61-71H2,1-3H3/b12-9-,20-17-,21-18-,29-26-,30-27-,32-31-,51-48-,60-57-. The summed E-state index contributed by atoms with van der Waals surface area (Å²) in [7, 11) is 0. The minimum atomic E-state index is -0.812. The molecule has 0 aromatic carbocycles. The molecule has 6 nitrogen and oxygen atoms in total. The predicted octanol–water partition coefficient (Wildman–Crippen LogP) is 24.0. The second kappa shape index (κ2) is 68.8. The fourth-order valence-electron chi connectivity index (χ4n) is 9.86. The van der Waals surface area contributed by atoms with Crippen molar-refractivity contribution in [2.75, 3.05) is 13.2 Å². The van der Waals surface area contributed by atoms with Crippen LogP contribution in [0.25, 0.3) is 0 Å². The van der Waals surface area contributed by atoms with E-state index in [4.69, 9.17) is 14.2 Å². The summed E-state index contributed by atoms with van der Waals surface area (Å²) in [5, 5.41) is 0. The summed E-state index contributed by atoms with van der Waals surface area (Å²) in [6.45, 7) is 6.49. The molecule has 6 heteroatoms. The molecule has 0 spiro atoms. The van der Waals surface area contributed by atoms with Crippen LogP contribution in [-0.2, 0) is 28.6 Å². The minimum Gasteiger partial charge on any atom is -0.462 e. The van der Waals surface area contributed by atoms with Crippen LogP contribution in [0.4, 0.5) is 0 Å². The maximum Gasteiger partial charge on any atom is 0.306 e. The summed E-state index contributed by atoms with van der Waals surface area (Å²) in [6, 6.07) is 0. The van der Waals surface area contributed by atoms with Gasteiger partial charge in [-0.3, -0.25) is 14.4 Å². The Morgan fingerprint density at radius 3 is 0.827 bits per heavy atom. The summed E-state index contributed by atoms with van der Waals surface area (Å²) >= 11 is 0. The molecule has 0 aliphatic heterocycles. The van der Waals surface area contributed by atoms with Crippen molar-refractivity contribution in [2.45, 2.75) is 348 Å². The number of carbonyl (C=O) groups is 3. The Balaban J connectivity index is 4.31. The third kappa shape index (κ3) is 67.0. The van der Waals surface area contributed by atoms with E-state index in [2.05, 4.69) is 118 Å². The van der Waals surface area contributed by atoms with E-state index in [-0.39, 0.29) is 37.5 Å². The van der Waals surface area contributed by atoms with Crippen molar-refractivity contribution >= 4 is 17.9 Å². The van der Waals surface area contributed by atoms with Gasteiger partial charge < -0.3 is 14.2 Å². The van der Waals surface area contributed by atoms with Gasteiger partial charge in [0.2, 0.25) is 0 Å². The van der Waals surface area contributed by atoms with Gasteiger partial charge in [0.1, 0.15) is 13.2 Å². The molecule has 1 unspecified atom stereocenters. The summed E-state index contributed by atoms with van der Waals surface area (Å²) in [6.07, 6.45) is 93.0. The van der Waals surface area contributed by atoms with Gasteiger partial charge in [0.15, 0.2) is 6.10 Å². The lowest BCUT2D eigenvalue weighted by Gasteiger charge is -2.18. The Bertz CT molecular complexity index is 1580. The molecular weight excluding hydrogens is 997 g/mol. The van der Waals surface area contributed by atoms with Crippen LogP contribution in [0.5, 0.6) is 0 Å². The topological polar surface area (TPSA) is 78.9 Å². The molecule has 0 aromatic rings. The van der Waals surface area contributed by atoms with E-state index >= 15 is 0 Å². The Morgan fingerprint density at radius 2 is 0.494 bits per heavy atom. The Labute approximate surface area is 502 Å². The van der Waals surface area contributed by atoms with Crippen molar-refractivity contribution in [2.24, 2.45) is 0 Å². The lowest BCUT2D eigenvalue weighted by molar-refractivity contribution is -0.167. The molecule has 0 saturated heterocycles. The molecule has 466 valence electrons. The molecule has 0 heterocycles. The Hall–Kier alpha value is -3.67. The van der Waals surface area contributed by atoms with Crippen molar-refractivity contribution in [1.82, 2.24) is 0 Å². The highest BCUT2D eigenvalue weighted by Crippen LogP contribution is 2.17. The molecule has 0 saturated carbocycles. The zero-order valence-electron chi connectivity index (χ0n) is 53.5. The Morgan fingerprint density at radius 1 is 0.259 bits per heavy atom. The summed E-state index contributed by atoms with van der Waals surface area (Å²) < 4.78 is 16.9. The fourth-order valence-corrected chi connectivity index (χ4v) is 9.86. The van der Waals surface area contributed by atoms with Gasteiger partial charge >= 0.3 is 17.9 Å². The maximum absolute atomic E-state index is 12.9. The van der Waals surface area contributed by atoms with E-state index in [0.717, 1.165) is 89.9 Å². The van der Waals surface area contributed by atoms with Crippen LogP contribution in [0.1, 0.15) is 342 Å². The van der Waals surface area contributed by atoms with Gasteiger partial charge in [0.25, 0.3) is 0 Å². The summed E-state index contributed by atoms with van der Waals surface area (Å²) in [5.74, 6) is -0.955. The molecule has 0 rings (SSSR count). The van der Waals surface area contributed by atoms with Crippen LogP contribution >= 0.6 is 0 Å². The highest BCUT2D eigenvalue weighted by Gasteiger charge is 2.19. The molecule has 0 aliphatic carbocycles. The quantitative estimate of drug-likeness (QED) is 0.0261. The molecule has 1 atom stereocenters. The zero-order valence-corrected chi connectivity index (χ0v) is 53.5. The molecule has 0 fully saturated rings. The van der Waals surface area contributed by atoms with Crippen molar-refractivity contribution in [3.05, 3.63) is 97.2 Å². The van der Waals surface area contributed by atoms with E-state index in [9.17, 15) is 14.4 Å². The molecule has 0 bridgehead atoms. The number of carbonyl (C=O) groups excluding carboxylic acids is 3. The van der Waals surface area contributed by atoms with E-state index in [1.807, 2.05) is 0 Å². The lowest BCUT2D eigenvalue weighted by atomic mass is 10.0. The highest BCUT2D eigenvalue weighted by atomic mass is 16.6. The fraction of sp³-hybridized carbons (Fsp3) is 0.747. The molecule has 0 aromatic heterocycles. The smallest absolute Gasteiger partial charge is 0.306 e. The van der Waals surface area contributed by atoms with E-state index in [1.54, 1.807) is 0 Å². The van der Waals surface area contributed by atoms with Crippen molar-refractivity contribution in [3.63, 3.8) is 0 Å². The number of hydrogen-bond acceptors (Lipinski definition) is 6. The van der Waals surface area contributed by atoms with Crippen molar-refractivity contribution in [1.29, 1.82) is 0 Å². The predicted molar refractivity (Wildman–Crippen MR) is 353 cm³/mol. The van der Waals surface area contributed by atoms with Crippen LogP contribution in [0, 0.1) is 0 Å². The van der Waals surface area contributed by atoms with Crippen LogP contribution in [-0.4, -0.2) is 37.2 Å². The largest absolute Gasteiger partial charge is 0.462 e. The second-order valence-electron chi connectivity index (χ2n) is 23.1. The minimum absolute atomic E-state index is 0.101. The Kier molecular flexibility index (Phi) is 65.7. The average Bonchev–Trinajstić information content (AvgIpc) is 3.47. The van der Waals surface area contributed by atoms with Gasteiger partial charge in [-0.2, -0.15) is 0 Å². The van der Waals surface area contributed by atoms with Crippen LogP contribution in [0.15, 0.2) is 97.2 Å². The average molecular weight is 1130 g/mol. The third-order valence-electron chi connectivity index (χ3n) is 15.0. The number of unbranched alkanes of at least 4 members (excludes halogenated alkanes) is 36. The third-order valence-corrected chi connectivity index (χ3v) is 15.0.